The zero-order valence-corrected chi connectivity index (χ0v) is 17.3. The number of para-hydroxylation sites is 1. The highest BCUT2D eigenvalue weighted by Gasteiger charge is 2.28. The van der Waals surface area contributed by atoms with Crippen molar-refractivity contribution in [2.45, 2.75) is 37.9 Å². The van der Waals surface area contributed by atoms with Crippen molar-refractivity contribution in [1.82, 2.24) is 20.9 Å². The van der Waals surface area contributed by atoms with Gasteiger partial charge in [-0.15, -0.1) is 0 Å². The van der Waals surface area contributed by atoms with Crippen LogP contribution in [-0.2, 0) is 30.4 Å². The van der Waals surface area contributed by atoms with Gasteiger partial charge in [-0.3, -0.25) is 19.2 Å². The van der Waals surface area contributed by atoms with Gasteiger partial charge >= 0.3 is 11.9 Å². The van der Waals surface area contributed by atoms with Crippen LogP contribution < -0.4 is 21.7 Å². The molecule has 2 rings (SSSR count). The van der Waals surface area contributed by atoms with Gasteiger partial charge in [0.2, 0.25) is 17.7 Å². The highest BCUT2D eigenvalue weighted by molar-refractivity contribution is 5.94. The molecule has 0 saturated heterocycles. The molecule has 0 aliphatic rings. The number of H-pyrrole nitrogens is 1. The zero-order valence-electron chi connectivity index (χ0n) is 17.3. The highest BCUT2D eigenvalue weighted by Crippen LogP contribution is 2.19. The van der Waals surface area contributed by atoms with Gasteiger partial charge in [0.1, 0.15) is 18.1 Å². The van der Waals surface area contributed by atoms with Gasteiger partial charge in [0.15, 0.2) is 0 Å². The summed E-state index contributed by atoms with van der Waals surface area (Å²) < 4.78 is 0. The maximum Gasteiger partial charge on any atom is 0.326 e. The quantitative estimate of drug-likeness (QED) is 0.220. The molecule has 1 aromatic heterocycles. The van der Waals surface area contributed by atoms with E-state index in [9.17, 15) is 24.0 Å². The number of rotatable bonds is 11. The van der Waals surface area contributed by atoms with E-state index in [0.717, 1.165) is 16.5 Å². The second-order valence-corrected chi connectivity index (χ2v) is 7.12. The Morgan fingerprint density at radius 3 is 2.31 bits per heavy atom. The summed E-state index contributed by atoms with van der Waals surface area (Å²) in [7, 11) is 0. The van der Waals surface area contributed by atoms with E-state index in [1.165, 1.54) is 6.92 Å². The fraction of sp³-hybridized carbons (Fsp3) is 0.350. The number of nitrogens with one attached hydrogen (secondary N) is 4. The van der Waals surface area contributed by atoms with E-state index in [1.54, 1.807) is 6.20 Å². The number of carbonyl (C=O) groups excluding carboxylic acids is 3. The van der Waals surface area contributed by atoms with Gasteiger partial charge in [0.05, 0.1) is 13.0 Å². The van der Waals surface area contributed by atoms with Crippen molar-refractivity contribution >= 4 is 40.6 Å². The number of hydrogen-bond donors (Lipinski definition) is 7. The van der Waals surface area contributed by atoms with Crippen LogP contribution in [0.1, 0.15) is 18.9 Å². The lowest BCUT2D eigenvalue weighted by Crippen LogP contribution is -2.56. The van der Waals surface area contributed by atoms with Crippen molar-refractivity contribution in [2.75, 3.05) is 6.54 Å². The number of hydrogen-bond acceptors (Lipinski definition) is 6. The molecule has 32 heavy (non-hydrogen) atoms. The summed E-state index contributed by atoms with van der Waals surface area (Å²) in [5, 5.41) is 25.7. The zero-order chi connectivity index (χ0) is 23.8. The average Bonchev–Trinajstić information content (AvgIpc) is 3.14. The van der Waals surface area contributed by atoms with Crippen LogP contribution in [-0.4, -0.2) is 69.5 Å². The largest absolute Gasteiger partial charge is 0.481 e. The third kappa shape index (κ3) is 6.54. The van der Waals surface area contributed by atoms with E-state index in [-0.39, 0.29) is 13.0 Å². The Balaban J connectivity index is 2.11. The molecule has 2 aromatic rings. The molecule has 0 radical (unpaired) electrons. The predicted molar refractivity (Wildman–Crippen MR) is 112 cm³/mol. The maximum absolute atomic E-state index is 12.8. The van der Waals surface area contributed by atoms with Gasteiger partial charge < -0.3 is 36.9 Å². The Bertz CT molecular complexity index is 1020. The van der Waals surface area contributed by atoms with Gasteiger partial charge in [0, 0.05) is 23.5 Å². The highest BCUT2D eigenvalue weighted by atomic mass is 16.4. The van der Waals surface area contributed by atoms with Gasteiger partial charge in [-0.25, -0.2) is 4.79 Å². The van der Waals surface area contributed by atoms with Crippen LogP contribution in [0.2, 0.25) is 0 Å². The molecular formula is C20H25N5O7. The lowest BCUT2D eigenvalue weighted by molar-refractivity contribution is -0.147. The van der Waals surface area contributed by atoms with Crippen LogP contribution in [0.25, 0.3) is 10.9 Å². The first kappa shape index (κ1) is 24.3. The van der Waals surface area contributed by atoms with E-state index in [0.29, 0.717) is 0 Å². The van der Waals surface area contributed by atoms with Gasteiger partial charge in [0.25, 0.3) is 0 Å². The number of carboxylic acids is 2. The normalized spacial score (nSPS) is 13.6. The summed E-state index contributed by atoms with van der Waals surface area (Å²) in [6.45, 7) is 0.962. The fourth-order valence-electron chi connectivity index (χ4n) is 3.03. The molecule has 0 fully saturated rings. The number of aromatic nitrogens is 1. The first-order valence-corrected chi connectivity index (χ1v) is 9.72. The van der Waals surface area contributed by atoms with Gasteiger partial charge in [-0.05, 0) is 18.6 Å². The molecule has 12 heteroatoms. The maximum atomic E-state index is 12.8. The summed E-state index contributed by atoms with van der Waals surface area (Å²) in [4.78, 5) is 61.9. The third-order valence-corrected chi connectivity index (χ3v) is 4.68. The van der Waals surface area contributed by atoms with Crippen molar-refractivity contribution in [3.05, 3.63) is 36.0 Å². The number of carboxylic acid groups (broad SMARTS) is 2. The number of fused-ring (bicyclic) bond motifs is 1. The first-order chi connectivity index (χ1) is 15.1. The number of aromatic amines is 1. The summed E-state index contributed by atoms with van der Waals surface area (Å²) in [6.07, 6.45) is 0.989. The molecule has 0 aliphatic heterocycles. The Labute approximate surface area is 182 Å². The molecule has 0 saturated carbocycles. The minimum Gasteiger partial charge on any atom is -0.481 e. The van der Waals surface area contributed by atoms with Crippen molar-refractivity contribution in [2.24, 2.45) is 5.73 Å². The van der Waals surface area contributed by atoms with Crippen LogP contribution in [0.5, 0.6) is 0 Å². The van der Waals surface area contributed by atoms with Crippen molar-refractivity contribution in [3.8, 4) is 0 Å². The first-order valence-electron chi connectivity index (χ1n) is 9.72. The van der Waals surface area contributed by atoms with Gasteiger partial charge in [-0.1, -0.05) is 18.2 Å². The fourth-order valence-corrected chi connectivity index (χ4v) is 3.03. The smallest absolute Gasteiger partial charge is 0.326 e. The van der Waals surface area contributed by atoms with E-state index >= 15 is 0 Å². The van der Waals surface area contributed by atoms with Crippen LogP contribution in [0, 0.1) is 0 Å². The summed E-state index contributed by atoms with van der Waals surface area (Å²) in [5.41, 5.74) is 6.94. The second-order valence-electron chi connectivity index (χ2n) is 7.12. The monoisotopic (exact) mass is 447 g/mol. The molecule has 0 bridgehead atoms. The minimum absolute atomic E-state index is 0.104. The third-order valence-electron chi connectivity index (χ3n) is 4.68. The van der Waals surface area contributed by atoms with E-state index in [2.05, 4.69) is 20.9 Å². The second kappa shape index (κ2) is 10.9. The number of carbonyl (C=O) groups is 5. The molecule has 0 unspecified atom stereocenters. The Morgan fingerprint density at radius 2 is 1.69 bits per heavy atom. The SMILES string of the molecule is C[C@H](NC(=O)[C@@H](Cc1c[nH]c2ccccc12)NC(=O)CN)C(=O)N[C@@H](CC(=O)O)C(=O)O. The van der Waals surface area contributed by atoms with Crippen LogP contribution >= 0.6 is 0 Å². The number of amides is 3. The summed E-state index contributed by atoms with van der Waals surface area (Å²) >= 11 is 0. The Hall–Kier alpha value is -3.93. The standard InChI is InChI=1S/C20H25N5O7/c1-10(18(29)25-15(20(31)32)7-17(27)28)23-19(30)14(24-16(26)8-21)6-11-9-22-13-5-3-2-4-12(11)13/h2-5,9-10,14-15,22H,6-8,21H2,1H3,(H,23,30)(H,24,26)(H,25,29)(H,27,28)(H,31,32)/t10-,14+,15-/m0/s1. The molecule has 3 atom stereocenters. The van der Waals surface area contributed by atoms with E-state index in [1.807, 2.05) is 24.3 Å². The molecule has 172 valence electrons. The molecule has 1 heterocycles. The van der Waals surface area contributed by atoms with Crippen molar-refractivity contribution < 1.29 is 34.2 Å². The number of nitrogens with two attached hydrogens (primary N) is 1. The van der Waals surface area contributed by atoms with Crippen molar-refractivity contribution in [3.63, 3.8) is 0 Å². The minimum atomic E-state index is -1.65. The Kier molecular flexibility index (Phi) is 8.30. The average molecular weight is 447 g/mol. The van der Waals surface area contributed by atoms with Crippen LogP contribution in [0.15, 0.2) is 30.5 Å². The summed E-state index contributed by atoms with van der Waals surface area (Å²) in [5.74, 6) is -5.08. The van der Waals surface area contributed by atoms with Crippen LogP contribution in [0.3, 0.4) is 0 Å². The molecule has 0 aliphatic carbocycles. The topological polar surface area (TPSA) is 204 Å². The lowest BCUT2D eigenvalue weighted by Gasteiger charge is -2.22. The molecule has 12 nitrogen and oxygen atoms in total. The number of aliphatic carboxylic acids is 2. The molecular weight excluding hydrogens is 422 g/mol. The molecule has 8 N–H and O–H groups in total. The molecule has 3 amide bonds. The van der Waals surface area contributed by atoms with E-state index in [4.69, 9.17) is 15.9 Å². The number of benzene rings is 1. The lowest BCUT2D eigenvalue weighted by atomic mass is 10.0. The Morgan fingerprint density at radius 1 is 1.00 bits per heavy atom. The van der Waals surface area contributed by atoms with E-state index < -0.39 is 54.2 Å². The molecule has 1 aromatic carbocycles. The summed E-state index contributed by atoms with van der Waals surface area (Å²) in [6, 6.07) is 3.47. The molecule has 0 spiro atoms. The van der Waals surface area contributed by atoms with Crippen LogP contribution in [0.4, 0.5) is 0 Å². The van der Waals surface area contributed by atoms with Gasteiger partial charge in [-0.2, -0.15) is 0 Å². The van der Waals surface area contributed by atoms with Crippen molar-refractivity contribution in [1.29, 1.82) is 0 Å². The predicted octanol–water partition coefficient (Wildman–Crippen LogP) is -1.30.